The largest absolute Gasteiger partial charge is 0.355 e. The number of aromatic nitrogens is 4. The Morgan fingerprint density at radius 1 is 0.656 bits per heavy atom. The van der Waals surface area contributed by atoms with Crippen LogP contribution in [0.15, 0.2) is 12.1 Å². The molecule has 0 unspecified atom stereocenters. The Labute approximate surface area is 189 Å². The molecule has 162 valence electrons. The van der Waals surface area contributed by atoms with Gasteiger partial charge in [0.25, 0.3) is 0 Å². The van der Waals surface area contributed by atoms with Gasteiger partial charge in [-0.2, -0.15) is 0 Å². The summed E-state index contributed by atoms with van der Waals surface area (Å²) < 4.78 is 2.31. The average Bonchev–Trinajstić information content (AvgIpc) is 3.47. The zero-order valence-corrected chi connectivity index (χ0v) is 20.2. The second kappa shape index (κ2) is 7.06. The lowest BCUT2D eigenvalue weighted by molar-refractivity contribution is 1.00. The van der Waals surface area contributed by atoms with E-state index in [0.29, 0.717) is 0 Å². The van der Waals surface area contributed by atoms with Gasteiger partial charge in [-0.25, -0.2) is 9.97 Å². The maximum atomic E-state index is 4.96. The minimum absolute atomic E-state index is 0.936. The third-order valence-electron chi connectivity index (χ3n) is 7.26. The molecule has 0 amide bonds. The van der Waals surface area contributed by atoms with E-state index in [0.717, 1.165) is 22.8 Å². The van der Waals surface area contributed by atoms with Crippen LogP contribution in [0.5, 0.6) is 0 Å². The highest BCUT2D eigenvalue weighted by Crippen LogP contribution is 2.32. The number of aromatic amines is 1. The Morgan fingerprint density at radius 3 is 1.97 bits per heavy atom. The number of nitrogens with one attached hydrogen (secondary N) is 1. The molecule has 3 aromatic heterocycles. The topological polar surface area (TPSA) is 46.5 Å². The van der Waals surface area contributed by atoms with Gasteiger partial charge in [0.1, 0.15) is 0 Å². The van der Waals surface area contributed by atoms with Crippen LogP contribution in [0.2, 0.25) is 0 Å². The molecule has 2 aliphatic heterocycles. The Hall–Kier alpha value is -3.40. The van der Waals surface area contributed by atoms with E-state index in [1.165, 1.54) is 61.0 Å². The van der Waals surface area contributed by atoms with E-state index in [1.54, 1.807) is 0 Å². The smallest absolute Gasteiger partial charge is 0.0716 e. The number of fused-ring (bicyclic) bond motifs is 8. The predicted octanol–water partition coefficient (Wildman–Crippen LogP) is 6.91. The zero-order chi connectivity index (χ0) is 22.9. The number of hydrogen-bond acceptors (Lipinski definition) is 2. The number of hydrogen-bond donors (Lipinski definition) is 1. The van der Waals surface area contributed by atoms with Crippen molar-refractivity contribution in [3.8, 4) is 0 Å². The number of allylic oxidation sites excluding steroid dienone is 1. The first-order chi connectivity index (χ1) is 15.2. The highest BCUT2D eigenvalue weighted by Gasteiger charge is 2.16. The van der Waals surface area contributed by atoms with Crippen molar-refractivity contribution in [2.24, 2.45) is 7.05 Å². The van der Waals surface area contributed by atoms with Crippen molar-refractivity contribution in [1.29, 1.82) is 0 Å². The van der Waals surface area contributed by atoms with E-state index in [4.69, 9.17) is 9.97 Å². The van der Waals surface area contributed by atoms with Gasteiger partial charge in [0.05, 0.1) is 22.8 Å². The fraction of sp³-hybridized carbons (Fsp3) is 0.286. The van der Waals surface area contributed by atoms with Gasteiger partial charge in [0.15, 0.2) is 0 Å². The molecule has 0 spiro atoms. The fourth-order valence-electron chi connectivity index (χ4n) is 5.25. The molecule has 0 radical (unpaired) electrons. The van der Waals surface area contributed by atoms with Crippen LogP contribution in [-0.2, 0) is 7.05 Å². The van der Waals surface area contributed by atoms with Crippen molar-refractivity contribution in [1.82, 2.24) is 19.5 Å². The number of rotatable bonds is 0. The highest BCUT2D eigenvalue weighted by atomic mass is 14.9. The molecule has 0 atom stereocenters. The zero-order valence-electron chi connectivity index (χ0n) is 20.2. The first-order valence-corrected chi connectivity index (χ1v) is 11.2. The lowest BCUT2D eigenvalue weighted by Gasteiger charge is -2.02. The average molecular weight is 423 g/mol. The third-order valence-corrected chi connectivity index (χ3v) is 7.26. The number of aryl methyl sites for hydroxylation is 7. The van der Waals surface area contributed by atoms with Crippen LogP contribution in [0.4, 0.5) is 0 Å². The van der Waals surface area contributed by atoms with Gasteiger partial charge in [-0.3, -0.25) is 0 Å². The summed E-state index contributed by atoms with van der Waals surface area (Å²) in [4.78, 5) is 13.6. The lowest BCUT2D eigenvalue weighted by Crippen LogP contribution is -1.91. The quantitative estimate of drug-likeness (QED) is 0.335. The summed E-state index contributed by atoms with van der Waals surface area (Å²) in [6, 6.07) is 4.26. The van der Waals surface area contributed by atoms with Crippen LogP contribution in [0.25, 0.3) is 45.9 Å². The molecule has 4 nitrogen and oxygen atoms in total. The Morgan fingerprint density at radius 2 is 1.28 bits per heavy atom. The monoisotopic (exact) mass is 422 g/mol. The van der Waals surface area contributed by atoms with Crippen molar-refractivity contribution in [2.45, 2.75) is 48.5 Å². The van der Waals surface area contributed by atoms with Crippen molar-refractivity contribution in [3.63, 3.8) is 0 Å². The predicted molar refractivity (Wildman–Crippen MR) is 137 cm³/mol. The lowest BCUT2D eigenvalue weighted by atomic mass is 10.1. The second-order valence-corrected chi connectivity index (χ2v) is 9.21. The first kappa shape index (κ1) is 20.5. The minimum atomic E-state index is 0.936. The van der Waals surface area contributed by atoms with Crippen LogP contribution >= 0.6 is 0 Å². The van der Waals surface area contributed by atoms with Crippen LogP contribution in [0.1, 0.15) is 63.1 Å². The van der Waals surface area contributed by atoms with Crippen LogP contribution in [-0.4, -0.2) is 19.5 Å². The summed E-state index contributed by atoms with van der Waals surface area (Å²) in [5, 5.41) is 0. The summed E-state index contributed by atoms with van der Waals surface area (Å²) in [5.74, 6) is 0. The van der Waals surface area contributed by atoms with Crippen molar-refractivity contribution < 1.29 is 0 Å². The van der Waals surface area contributed by atoms with E-state index in [2.05, 4.69) is 95.4 Å². The fourth-order valence-corrected chi connectivity index (χ4v) is 5.25. The molecule has 5 heterocycles. The Bertz CT molecular complexity index is 1540. The molecule has 5 rings (SSSR count). The van der Waals surface area contributed by atoms with E-state index >= 15 is 0 Å². The third kappa shape index (κ3) is 2.89. The molecular formula is C28H30N4. The molecule has 3 aromatic rings. The standard InChI is InChI=1S/C28H30N4/c1-14-11-23-12-21-9-10-22(29-21)13-24-15(2)18(5)28(32(24)8)20(7)27-17(4)16(3)26(31-27)19(6)25(14)30-23/h9-13,31H,1-8H3. The first-order valence-electron chi connectivity index (χ1n) is 11.2. The minimum Gasteiger partial charge on any atom is -0.355 e. The van der Waals surface area contributed by atoms with Crippen molar-refractivity contribution in [2.75, 3.05) is 0 Å². The van der Waals surface area contributed by atoms with Gasteiger partial charge < -0.3 is 9.55 Å². The Balaban J connectivity index is 2.06. The summed E-state index contributed by atoms with van der Waals surface area (Å²) in [6.45, 7) is 15.4. The molecule has 2 aliphatic rings. The van der Waals surface area contributed by atoms with E-state index in [9.17, 15) is 0 Å². The highest BCUT2D eigenvalue weighted by molar-refractivity contribution is 5.89. The van der Waals surface area contributed by atoms with Gasteiger partial charge in [-0.15, -0.1) is 0 Å². The van der Waals surface area contributed by atoms with E-state index in [-0.39, 0.29) is 0 Å². The summed E-state index contributed by atoms with van der Waals surface area (Å²) >= 11 is 0. The maximum absolute atomic E-state index is 4.96. The van der Waals surface area contributed by atoms with Gasteiger partial charge >= 0.3 is 0 Å². The van der Waals surface area contributed by atoms with Gasteiger partial charge in [0.2, 0.25) is 0 Å². The van der Waals surface area contributed by atoms with Gasteiger partial charge in [-0.05, 0) is 118 Å². The summed E-state index contributed by atoms with van der Waals surface area (Å²) in [5.41, 5.74) is 17.5. The molecule has 0 fully saturated rings. The van der Waals surface area contributed by atoms with E-state index in [1.807, 2.05) is 0 Å². The summed E-state index contributed by atoms with van der Waals surface area (Å²) in [7, 11) is 2.16. The number of H-pyrrole nitrogens is 1. The molecule has 0 aromatic carbocycles. The van der Waals surface area contributed by atoms with Crippen molar-refractivity contribution >= 4 is 45.9 Å². The second-order valence-electron chi connectivity index (χ2n) is 9.21. The molecule has 8 bridgehead atoms. The van der Waals surface area contributed by atoms with E-state index < -0.39 is 0 Å². The molecular weight excluding hydrogens is 392 g/mol. The van der Waals surface area contributed by atoms with Crippen LogP contribution < -0.4 is 0 Å². The van der Waals surface area contributed by atoms with Gasteiger partial charge in [0, 0.05) is 29.1 Å². The molecule has 0 aliphatic carbocycles. The molecule has 0 saturated heterocycles. The molecule has 4 heteroatoms. The van der Waals surface area contributed by atoms with Crippen molar-refractivity contribution in [3.05, 3.63) is 68.3 Å². The molecule has 1 N–H and O–H groups in total. The summed E-state index contributed by atoms with van der Waals surface area (Å²) in [6.07, 6.45) is 6.30. The van der Waals surface area contributed by atoms with Crippen LogP contribution in [0.3, 0.4) is 0 Å². The number of nitrogens with zero attached hydrogens (tertiary/aromatic N) is 3. The SMILES string of the molecule is CC1=Cc2cc3nc(cc4c(C)c(C)c(c(C)c5[nH]c(c(C)c1n2)c(C)c5C)n4C)C=C3. The maximum Gasteiger partial charge on any atom is 0.0716 e. The molecule has 32 heavy (non-hydrogen) atoms. The molecule has 0 saturated carbocycles. The van der Waals surface area contributed by atoms with Crippen LogP contribution in [0, 0.1) is 41.5 Å². The Kier molecular flexibility index (Phi) is 4.52. The normalized spacial score (nSPS) is 13.1. The van der Waals surface area contributed by atoms with Gasteiger partial charge in [-0.1, -0.05) is 0 Å².